The van der Waals surface area contributed by atoms with Crippen LogP contribution in [0, 0.1) is 0 Å². The van der Waals surface area contributed by atoms with Gasteiger partial charge in [-0.2, -0.15) is 0 Å². The average molecular weight is 227 g/mol. The molecule has 2 rings (SSSR count). The number of hydrogen-bond acceptors (Lipinski definition) is 1. The predicted molar refractivity (Wildman–Crippen MR) is 74.2 cm³/mol. The molecule has 1 nitrogen and oxygen atoms in total. The molecule has 1 aromatic carbocycles. The van der Waals surface area contributed by atoms with Crippen LogP contribution < -0.4 is 0 Å². The lowest BCUT2D eigenvalue weighted by Crippen LogP contribution is -1.97. The zero-order chi connectivity index (χ0) is 11.2. The van der Waals surface area contributed by atoms with Crippen molar-refractivity contribution in [3.8, 4) is 0 Å². The maximum Gasteiger partial charge on any atom is 0.0302 e. The maximum absolute atomic E-state index is 4.21. The Labute approximate surface area is 105 Å². The zero-order valence-corrected chi connectivity index (χ0v) is 9.69. The molecule has 1 heteroatoms. The van der Waals surface area contributed by atoms with E-state index in [1.165, 1.54) is 16.7 Å². The van der Waals surface area contributed by atoms with Gasteiger partial charge >= 0.3 is 0 Å². The van der Waals surface area contributed by atoms with Crippen LogP contribution in [0.1, 0.15) is 31.0 Å². The summed E-state index contributed by atoms with van der Waals surface area (Å²) in [6.45, 7) is 2.20. The van der Waals surface area contributed by atoms with E-state index >= 15 is 0 Å². The number of aromatic nitrogens is 1. The summed E-state index contributed by atoms with van der Waals surface area (Å²) in [4.78, 5) is 4.21. The highest BCUT2D eigenvalue weighted by molar-refractivity contribution is 5.25. The van der Waals surface area contributed by atoms with Crippen molar-refractivity contribution in [2.45, 2.75) is 33.6 Å². The third kappa shape index (κ3) is 3.70. The number of benzene rings is 1. The monoisotopic (exact) mass is 227 g/mol. The minimum absolute atomic E-state index is 0. The van der Waals surface area contributed by atoms with Gasteiger partial charge in [0, 0.05) is 12.4 Å². The van der Waals surface area contributed by atoms with Gasteiger partial charge in [-0.1, -0.05) is 44.7 Å². The summed E-state index contributed by atoms with van der Waals surface area (Å²) in [6.07, 6.45) is 7.15. The normalized spacial score (nSPS) is 9.71. The number of nitrogens with zero attached hydrogens (tertiary/aromatic N) is 1. The molecule has 0 amide bonds. The Balaban J connectivity index is 0.00000144. The summed E-state index contributed by atoms with van der Waals surface area (Å²) in [5.41, 5.74) is 4.20. The van der Waals surface area contributed by atoms with Crippen molar-refractivity contribution in [3.63, 3.8) is 0 Å². The van der Waals surface area contributed by atoms with Crippen molar-refractivity contribution in [2.75, 3.05) is 0 Å². The molecule has 17 heavy (non-hydrogen) atoms. The van der Waals surface area contributed by atoms with Crippen molar-refractivity contribution in [1.29, 1.82) is 0 Å². The van der Waals surface area contributed by atoms with Gasteiger partial charge in [0.2, 0.25) is 0 Å². The van der Waals surface area contributed by atoms with E-state index in [4.69, 9.17) is 0 Å². The van der Waals surface area contributed by atoms with Crippen LogP contribution in [0.5, 0.6) is 0 Å². The van der Waals surface area contributed by atoms with E-state index in [0.29, 0.717) is 0 Å². The van der Waals surface area contributed by atoms with E-state index in [0.717, 1.165) is 19.3 Å². The van der Waals surface area contributed by atoms with Gasteiger partial charge in [-0.25, -0.2) is 0 Å². The lowest BCUT2D eigenvalue weighted by Gasteiger charge is -2.06. The molecule has 0 saturated carbocycles. The minimum Gasteiger partial charge on any atom is -0.264 e. The first kappa shape index (κ1) is 13.4. The summed E-state index contributed by atoms with van der Waals surface area (Å²) in [6, 6.07) is 12.7. The Morgan fingerprint density at radius 2 is 1.71 bits per heavy atom. The van der Waals surface area contributed by atoms with E-state index in [2.05, 4.69) is 48.3 Å². The zero-order valence-electron chi connectivity index (χ0n) is 9.69. The van der Waals surface area contributed by atoms with E-state index in [1.54, 1.807) is 0 Å². The first-order valence-electron chi connectivity index (χ1n) is 5.86. The Hall–Kier alpha value is -1.63. The van der Waals surface area contributed by atoms with E-state index in [1.807, 2.05) is 12.4 Å². The molecule has 0 saturated heterocycles. The quantitative estimate of drug-likeness (QED) is 0.767. The Morgan fingerprint density at radius 3 is 2.41 bits per heavy atom. The van der Waals surface area contributed by atoms with Crippen LogP contribution in [0.25, 0.3) is 0 Å². The molecule has 0 N–H and O–H groups in total. The highest BCUT2D eigenvalue weighted by Gasteiger charge is 2.00. The number of aryl methyl sites for hydroxylation is 3. The van der Waals surface area contributed by atoms with Crippen molar-refractivity contribution >= 4 is 0 Å². The molecule has 1 aromatic heterocycles. The highest BCUT2D eigenvalue weighted by Crippen LogP contribution is 2.11. The molecular formula is C16H21N. The molecule has 0 aliphatic carbocycles. The van der Waals surface area contributed by atoms with E-state index in [9.17, 15) is 0 Å². The fourth-order valence-electron chi connectivity index (χ4n) is 1.95. The molecule has 90 valence electrons. The van der Waals surface area contributed by atoms with Crippen LogP contribution in [0.4, 0.5) is 0 Å². The molecule has 0 bridgehead atoms. The third-order valence-electron chi connectivity index (χ3n) is 2.91. The summed E-state index contributed by atoms with van der Waals surface area (Å²) >= 11 is 0. The highest BCUT2D eigenvalue weighted by atomic mass is 14.6. The third-order valence-corrected chi connectivity index (χ3v) is 2.91. The molecule has 0 spiro atoms. The maximum atomic E-state index is 4.21. The van der Waals surface area contributed by atoms with Crippen molar-refractivity contribution < 1.29 is 0 Å². The summed E-state index contributed by atoms with van der Waals surface area (Å²) < 4.78 is 0. The van der Waals surface area contributed by atoms with Gasteiger partial charge in [-0.3, -0.25) is 4.98 Å². The molecule has 0 radical (unpaired) electrons. The van der Waals surface area contributed by atoms with Gasteiger partial charge in [0.05, 0.1) is 0 Å². The Bertz CT molecular complexity index is 434. The molecule has 0 unspecified atom stereocenters. The lowest BCUT2D eigenvalue weighted by atomic mass is 10.0. The van der Waals surface area contributed by atoms with Gasteiger partial charge in [0.1, 0.15) is 0 Å². The standard InChI is InChI=1S/C15H17N.CH4/c1-2-14-10-11-16-12-15(14)9-8-13-6-4-3-5-7-13;/h3-7,10-12H,2,8-9H2,1H3;1H4. The summed E-state index contributed by atoms with van der Waals surface area (Å²) in [5.74, 6) is 0. The van der Waals surface area contributed by atoms with Gasteiger partial charge < -0.3 is 0 Å². The van der Waals surface area contributed by atoms with E-state index in [-0.39, 0.29) is 7.43 Å². The minimum atomic E-state index is 0. The second-order valence-corrected chi connectivity index (χ2v) is 3.98. The van der Waals surface area contributed by atoms with Crippen LogP contribution in [-0.2, 0) is 19.3 Å². The van der Waals surface area contributed by atoms with Gasteiger partial charge in [0.15, 0.2) is 0 Å². The van der Waals surface area contributed by atoms with Crippen LogP contribution in [0.3, 0.4) is 0 Å². The lowest BCUT2D eigenvalue weighted by molar-refractivity contribution is 0.919. The summed E-state index contributed by atoms with van der Waals surface area (Å²) in [5, 5.41) is 0. The SMILES string of the molecule is C.CCc1ccncc1CCc1ccccc1. The molecule has 0 aliphatic rings. The number of rotatable bonds is 4. The van der Waals surface area contributed by atoms with Crippen LogP contribution in [0.15, 0.2) is 48.8 Å². The van der Waals surface area contributed by atoms with Crippen LogP contribution >= 0.6 is 0 Å². The van der Waals surface area contributed by atoms with Crippen molar-refractivity contribution in [2.24, 2.45) is 0 Å². The van der Waals surface area contributed by atoms with Crippen molar-refractivity contribution in [3.05, 3.63) is 65.5 Å². The largest absolute Gasteiger partial charge is 0.264 e. The fourth-order valence-corrected chi connectivity index (χ4v) is 1.95. The van der Waals surface area contributed by atoms with Gasteiger partial charge in [-0.15, -0.1) is 0 Å². The average Bonchev–Trinajstić information content (AvgIpc) is 2.38. The van der Waals surface area contributed by atoms with Crippen LogP contribution in [0.2, 0.25) is 0 Å². The molecule has 0 aliphatic heterocycles. The van der Waals surface area contributed by atoms with Gasteiger partial charge in [-0.05, 0) is 42.0 Å². The number of hydrogen-bond donors (Lipinski definition) is 0. The smallest absolute Gasteiger partial charge is 0.0302 e. The molecule has 0 fully saturated rings. The van der Waals surface area contributed by atoms with Crippen LogP contribution in [-0.4, -0.2) is 4.98 Å². The van der Waals surface area contributed by atoms with Gasteiger partial charge in [0.25, 0.3) is 0 Å². The second-order valence-electron chi connectivity index (χ2n) is 3.98. The molecule has 1 heterocycles. The first-order valence-corrected chi connectivity index (χ1v) is 5.86. The van der Waals surface area contributed by atoms with Crippen molar-refractivity contribution in [1.82, 2.24) is 4.98 Å². The van der Waals surface area contributed by atoms with E-state index < -0.39 is 0 Å². The first-order chi connectivity index (χ1) is 7.90. The predicted octanol–water partition coefficient (Wildman–Crippen LogP) is 4.07. The molecular weight excluding hydrogens is 206 g/mol. The Morgan fingerprint density at radius 1 is 0.941 bits per heavy atom. The fraction of sp³-hybridized carbons (Fsp3) is 0.312. The molecule has 0 atom stereocenters. The second kappa shape index (κ2) is 6.85. The Kier molecular flexibility index (Phi) is 5.41. The topological polar surface area (TPSA) is 12.9 Å². The number of pyridine rings is 1. The summed E-state index contributed by atoms with van der Waals surface area (Å²) in [7, 11) is 0. The molecule has 2 aromatic rings.